The minimum Gasteiger partial charge on any atom is -0.478 e. The Labute approximate surface area is 94.7 Å². The van der Waals surface area contributed by atoms with Crippen LogP contribution in [0.1, 0.15) is 31.8 Å². The molecule has 0 bridgehead atoms. The zero-order valence-electron chi connectivity index (χ0n) is 8.17. The van der Waals surface area contributed by atoms with Gasteiger partial charge >= 0.3 is 11.9 Å². The van der Waals surface area contributed by atoms with Crippen LogP contribution in [0.5, 0.6) is 0 Å². The first-order valence-corrected chi connectivity index (χ1v) is 4.91. The fraction of sp³-hybridized carbons (Fsp3) is 0.200. The lowest BCUT2D eigenvalue weighted by atomic mass is 9.99. The molecule has 15 heavy (non-hydrogen) atoms. The van der Waals surface area contributed by atoms with E-state index in [1.165, 1.54) is 6.07 Å². The van der Waals surface area contributed by atoms with Gasteiger partial charge in [0.1, 0.15) is 0 Å². The van der Waals surface area contributed by atoms with E-state index in [-0.39, 0.29) is 11.1 Å². The highest BCUT2D eigenvalue weighted by Gasteiger charge is 2.21. The first-order valence-electron chi connectivity index (χ1n) is 4.12. The van der Waals surface area contributed by atoms with Crippen LogP contribution in [0.4, 0.5) is 0 Å². The van der Waals surface area contributed by atoms with E-state index in [2.05, 4.69) is 15.9 Å². The number of aromatic carboxylic acids is 2. The van der Waals surface area contributed by atoms with Crippen molar-refractivity contribution in [1.29, 1.82) is 0 Å². The van der Waals surface area contributed by atoms with E-state index >= 15 is 0 Å². The van der Waals surface area contributed by atoms with Gasteiger partial charge in [-0.05, 0) is 31.0 Å². The van der Waals surface area contributed by atoms with Crippen molar-refractivity contribution in [3.63, 3.8) is 0 Å². The molecule has 0 aromatic heterocycles. The Morgan fingerprint density at radius 3 is 2.13 bits per heavy atom. The van der Waals surface area contributed by atoms with Gasteiger partial charge in [0, 0.05) is 4.47 Å². The van der Waals surface area contributed by atoms with E-state index in [4.69, 9.17) is 10.2 Å². The second kappa shape index (κ2) is 4.02. The molecule has 5 heteroatoms. The minimum atomic E-state index is -1.23. The molecule has 0 amide bonds. The number of carbonyl (C=O) groups is 2. The van der Waals surface area contributed by atoms with Crippen LogP contribution in [0.25, 0.3) is 0 Å². The fourth-order valence-corrected chi connectivity index (χ4v) is 1.72. The van der Waals surface area contributed by atoms with Crippen molar-refractivity contribution in [2.24, 2.45) is 0 Å². The third-order valence-electron chi connectivity index (χ3n) is 2.12. The summed E-state index contributed by atoms with van der Waals surface area (Å²) in [6.45, 7) is 3.29. The zero-order chi connectivity index (χ0) is 11.7. The number of rotatable bonds is 2. The molecule has 0 fully saturated rings. The van der Waals surface area contributed by atoms with Gasteiger partial charge in [0.25, 0.3) is 0 Å². The molecule has 0 aliphatic heterocycles. The summed E-state index contributed by atoms with van der Waals surface area (Å²) in [5.74, 6) is -2.46. The van der Waals surface area contributed by atoms with Gasteiger partial charge in [-0.3, -0.25) is 0 Å². The van der Waals surface area contributed by atoms with E-state index in [1.807, 2.05) is 0 Å². The number of carboxylic acid groups (broad SMARTS) is 2. The molecule has 1 rings (SSSR count). The number of carboxylic acids is 2. The Morgan fingerprint density at radius 1 is 1.20 bits per heavy atom. The van der Waals surface area contributed by atoms with Gasteiger partial charge in [-0.15, -0.1) is 0 Å². The standard InChI is InChI=1S/C10H9BrO4/c1-4-3-6(9(12)13)7(10(14)15)5(2)8(4)11/h3H,1-2H3,(H,12,13)(H,14,15). The first-order chi connectivity index (χ1) is 6.86. The largest absolute Gasteiger partial charge is 0.478 e. The lowest BCUT2D eigenvalue weighted by Crippen LogP contribution is -2.11. The maximum absolute atomic E-state index is 10.9. The molecule has 0 saturated heterocycles. The second-order valence-corrected chi connectivity index (χ2v) is 3.96. The van der Waals surface area contributed by atoms with Crippen LogP contribution in [-0.2, 0) is 0 Å². The van der Waals surface area contributed by atoms with E-state index in [0.29, 0.717) is 15.6 Å². The molecule has 2 N–H and O–H groups in total. The molecule has 0 atom stereocenters. The van der Waals surface area contributed by atoms with Crippen molar-refractivity contribution in [2.75, 3.05) is 0 Å². The Morgan fingerprint density at radius 2 is 1.73 bits per heavy atom. The predicted octanol–water partition coefficient (Wildman–Crippen LogP) is 2.46. The molecule has 1 aromatic carbocycles. The molecular weight excluding hydrogens is 264 g/mol. The van der Waals surface area contributed by atoms with Gasteiger partial charge in [0.2, 0.25) is 0 Å². The first kappa shape index (κ1) is 11.7. The van der Waals surface area contributed by atoms with Gasteiger partial charge in [0.15, 0.2) is 0 Å². The molecule has 0 unspecified atom stereocenters. The number of hydrogen-bond acceptors (Lipinski definition) is 2. The molecule has 1 aromatic rings. The topological polar surface area (TPSA) is 74.6 Å². The fourth-order valence-electron chi connectivity index (χ4n) is 1.40. The molecule has 0 saturated carbocycles. The van der Waals surface area contributed by atoms with Gasteiger partial charge in [-0.1, -0.05) is 15.9 Å². The lowest BCUT2D eigenvalue weighted by Gasteiger charge is -2.10. The minimum absolute atomic E-state index is 0.167. The van der Waals surface area contributed by atoms with E-state index in [9.17, 15) is 9.59 Å². The SMILES string of the molecule is Cc1cc(C(=O)O)c(C(=O)O)c(C)c1Br. The monoisotopic (exact) mass is 272 g/mol. The number of halogens is 1. The summed E-state index contributed by atoms with van der Waals surface area (Å²) in [7, 11) is 0. The summed E-state index contributed by atoms with van der Waals surface area (Å²) in [4.78, 5) is 21.8. The third kappa shape index (κ3) is 2.02. The molecule has 0 aliphatic rings. The molecule has 0 spiro atoms. The number of hydrogen-bond donors (Lipinski definition) is 2. The summed E-state index contributed by atoms with van der Waals surface area (Å²) < 4.78 is 0.630. The molecule has 0 aliphatic carbocycles. The van der Waals surface area contributed by atoms with Gasteiger partial charge in [-0.2, -0.15) is 0 Å². The zero-order valence-corrected chi connectivity index (χ0v) is 9.75. The van der Waals surface area contributed by atoms with Crippen molar-refractivity contribution < 1.29 is 19.8 Å². The summed E-state index contributed by atoms with van der Waals surface area (Å²) in [5, 5.41) is 17.8. The van der Waals surface area contributed by atoms with Gasteiger partial charge < -0.3 is 10.2 Å². The highest BCUT2D eigenvalue weighted by Crippen LogP contribution is 2.27. The van der Waals surface area contributed by atoms with E-state index < -0.39 is 11.9 Å². The van der Waals surface area contributed by atoms with Crippen LogP contribution < -0.4 is 0 Å². The second-order valence-electron chi connectivity index (χ2n) is 3.17. The Bertz CT molecular complexity index is 451. The van der Waals surface area contributed by atoms with Crippen LogP contribution >= 0.6 is 15.9 Å². The summed E-state index contributed by atoms with van der Waals surface area (Å²) >= 11 is 3.23. The Kier molecular flexibility index (Phi) is 3.14. The maximum atomic E-state index is 10.9. The van der Waals surface area contributed by atoms with Crippen molar-refractivity contribution in [1.82, 2.24) is 0 Å². The summed E-state index contributed by atoms with van der Waals surface area (Å²) in [6, 6.07) is 1.35. The number of aryl methyl sites for hydroxylation is 1. The highest BCUT2D eigenvalue weighted by atomic mass is 79.9. The number of benzene rings is 1. The summed E-state index contributed by atoms with van der Waals surface area (Å²) in [5.41, 5.74) is 0.787. The van der Waals surface area contributed by atoms with E-state index in [0.717, 1.165) is 0 Å². The third-order valence-corrected chi connectivity index (χ3v) is 3.35. The van der Waals surface area contributed by atoms with Crippen molar-refractivity contribution >= 4 is 27.9 Å². The van der Waals surface area contributed by atoms with Crippen LogP contribution in [0.2, 0.25) is 0 Å². The smallest absolute Gasteiger partial charge is 0.336 e. The van der Waals surface area contributed by atoms with Crippen LogP contribution in [0.3, 0.4) is 0 Å². The van der Waals surface area contributed by atoms with Crippen molar-refractivity contribution in [2.45, 2.75) is 13.8 Å². The normalized spacial score (nSPS) is 10.1. The van der Waals surface area contributed by atoms with Crippen molar-refractivity contribution in [3.05, 3.63) is 32.8 Å². The quantitative estimate of drug-likeness (QED) is 0.867. The Balaban J connectivity index is 3.65. The summed E-state index contributed by atoms with van der Waals surface area (Å²) in [6.07, 6.45) is 0. The molecule has 0 heterocycles. The van der Waals surface area contributed by atoms with Crippen LogP contribution in [0.15, 0.2) is 10.5 Å². The molecule has 0 radical (unpaired) electrons. The molecule has 4 nitrogen and oxygen atoms in total. The lowest BCUT2D eigenvalue weighted by molar-refractivity contribution is 0.0650. The molecular formula is C10H9BrO4. The van der Waals surface area contributed by atoms with Crippen LogP contribution in [0, 0.1) is 13.8 Å². The predicted molar refractivity (Wildman–Crippen MR) is 57.5 cm³/mol. The average Bonchev–Trinajstić information content (AvgIpc) is 2.12. The Hall–Kier alpha value is -1.36. The van der Waals surface area contributed by atoms with Gasteiger partial charge in [0.05, 0.1) is 11.1 Å². The van der Waals surface area contributed by atoms with E-state index in [1.54, 1.807) is 13.8 Å². The maximum Gasteiger partial charge on any atom is 0.336 e. The van der Waals surface area contributed by atoms with Crippen molar-refractivity contribution in [3.8, 4) is 0 Å². The van der Waals surface area contributed by atoms with Crippen LogP contribution in [-0.4, -0.2) is 22.2 Å². The average molecular weight is 273 g/mol. The highest BCUT2D eigenvalue weighted by molar-refractivity contribution is 9.10. The molecule has 80 valence electrons. The van der Waals surface area contributed by atoms with Gasteiger partial charge in [-0.25, -0.2) is 9.59 Å².